The number of carbonyl (C=O) groups excluding carboxylic acids is 1. The first-order valence-electron chi connectivity index (χ1n) is 12.8. The van der Waals surface area contributed by atoms with Crippen LogP contribution < -0.4 is 11.1 Å². The van der Waals surface area contributed by atoms with E-state index in [2.05, 4.69) is 15.3 Å². The van der Waals surface area contributed by atoms with Crippen LogP contribution in [0.15, 0.2) is 48.5 Å². The van der Waals surface area contributed by atoms with Crippen LogP contribution in [-0.2, 0) is 26.3 Å². The third kappa shape index (κ3) is 6.41. The molecule has 0 aliphatic rings. The van der Waals surface area contributed by atoms with Gasteiger partial charge in [-0.2, -0.15) is 0 Å². The lowest BCUT2D eigenvalue weighted by Crippen LogP contribution is -2.45. The average Bonchev–Trinajstić information content (AvgIpc) is 3.39. The lowest BCUT2D eigenvalue weighted by molar-refractivity contribution is -0.158. The topological polar surface area (TPSA) is 263 Å². The molecule has 1 amide bonds. The number of carbonyl (C=O) groups is 3. The number of aliphatic carboxylic acids is 2. The van der Waals surface area contributed by atoms with Gasteiger partial charge in [0.05, 0.1) is 22.0 Å². The summed E-state index contributed by atoms with van der Waals surface area (Å²) < 4.78 is 0. The fourth-order valence-electron chi connectivity index (χ4n) is 4.29. The summed E-state index contributed by atoms with van der Waals surface area (Å²) in [5.74, 6) is -4.74. The number of halogens is 1. The first-order valence-corrected chi connectivity index (χ1v) is 12.8. The van der Waals surface area contributed by atoms with Crippen LogP contribution in [0.3, 0.4) is 0 Å². The number of aromatic amines is 1. The third-order valence-corrected chi connectivity index (χ3v) is 7.05. The van der Waals surface area contributed by atoms with Crippen LogP contribution in [0.25, 0.3) is 33.5 Å². The predicted molar refractivity (Wildman–Crippen MR) is 161 cm³/mol. The number of nitrogen functional groups attached to an aromatic ring is 1. The van der Waals surface area contributed by atoms with E-state index in [-0.39, 0.29) is 64.4 Å². The number of fused-ring (bicyclic) bond motifs is 1. The molecule has 0 saturated carbocycles. The normalized spacial score (nSPS) is 12.6. The number of rotatable bonds is 10. The van der Waals surface area contributed by atoms with Crippen molar-refractivity contribution in [3.05, 3.63) is 65.2 Å². The van der Waals surface area contributed by atoms with Gasteiger partial charge in [0, 0.05) is 23.2 Å². The van der Waals surface area contributed by atoms with E-state index in [9.17, 15) is 39.9 Å². The van der Waals surface area contributed by atoms with E-state index in [4.69, 9.17) is 16.2 Å². The van der Waals surface area contributed by atoms with Gasteiger partial charge < -0.3 is 46.7 Å². The van der Waals surface area contributed by atoms with Crippen LogP contribution in [-0.4, -0.2) is 76.5 Å². The number of nitrogens with two attached hydrogens (primary N) is 1. The molecule has 0 fully saturated rings. The molecule has 3 aromatic carbocycles. The molecule has 0 radical (unpaired) electrons. The van der Waals surface area contributed by atoms with Crippen LogP contribution in [0, 0.1) is 5.41 Å². The second kappa shape index (κ2) is 12.6. The van der Waals surface area contributed by atoms with Gasteiger partial charge in [0.1, 0.15) is 23.2 Å². The Bertz CT molecular complexity index is 1790. The summed E-state index contributed by atoms with van der Waals surface area (Å²) in [5, 5.41) is 70.1. The number of aromatic hydroxyl groups is 2. The number of hydrogen-bond donors (Lipinski definition) is 10. The summed E-state index contributed by atoms with van der Waals surface area (Å²) in [4.78, 5) is 42.7. The number of H-pyrrole nitrogens is 1. The monoisotopic (exact) mass is 627 g/mol. The minimum atomic E-state index is -2.33. The van der Waals surface area contributed by atoms with E-state index in [1.54, 1.807) is 18.2 Å². The highest BCUT2D eigenvalue weighted by Crippen LogP contribution is 2.44. The fraction of sp³-hybridized carbons (Fsp3) is 0.207. The molecule has 232 valence electrons. The van der Waals surface area contributed by atoms with Crippen molar-refractivity contribution >= 4 is 47.1 Å². The number of phenolic OH excluding ortho intramolecular Hbond substituents is 2. The lowest BCUT2D eigenvalue weighted by atomic mass is 9.81. The Morgan fingerprint density at radius 3 is 2.25 bits per heavy atom. The number of phenols is 2. The molecule has 15 heteroatoms. The zero-order valence-electron chi connectivity index (χ0n) is 23.3. The maximum Gasteiger partial charge on any atom is 0.335 e. The Morgan fingerprint density at radius 1 is 0.977 bits per heavy atom. The lowest BCUT2D eigenvalue weighted by Gasteiger charge is -2.23. The SMILES string of the molecule is CC(C)(C(=O)O)c1cc(-c2nc3cc(C(=N)N)ccc3[nH]2)c(O)c(-c2cc(CNC(=O)[C@H](O)[C@@H](O)C(=O)O)ccc2O)c1.Cl. The minimum Gasteiger partial charge on any atom is -0.507 e. The van der Waals surface area contributed by atoms with E-state index in [0.717, 1.165) is 0 Å². The Labute approximate surface area is 255 Å². The van der Waals surface area contributed by atoms with Gasteiger partial charge in [-0.05, 0) is 67.4 Å². The van der Waals surface area contributed by atoms with Crippen molar-refractivity contribution in [1.82, 2.24) is 15.3 Å². The minimum absolute atomic E-state index is 0. The summed E-state index contributed by atoms with van der Waals surface area (Å²) in [5.41, 5.74) is 6.38. The molecule has 4 aromatic rings. The van der Waals surface area contributed by atoms with Crippen LogP contribution in [0.5, 0.6) is 11.5 Å². The van der Waals surface area contributed by atoms with E-state index in [1.807, 2.05) is 0 Å². The highest BCUT2D eigenvalue weighted by atomic mass is 35.5. The summed E-state index contributed by atoms with van der Waals surface area (Å²) in [6.45, 7) is 2.68. The molecule has 0 spiro atoms. The quantitative estimate of drug-likeness (QED) is 0.0894. The molecule has 14 nitrogen and oxygen atoms in total. The van der Waals surface area contributed by atoms with Crippen molar-refractivity contribution in [3.8, 4) is 34.0 Å². The van der Waals surface area contributed by atoms with Gasteiger partial charge in [0.25, 0.3) is 5.91 Å². The molecule has 0 aliphatic heterocycles. The number of hydrogen-bond acceptors (Lipinski definition) is 9. The summed E-state index contributed by atoms with van der Waals surface area (Å²) in [7, 11) is 0. The van der Waals surface area contributed by atoms with E-state index < -0.39 is 35.5 Å². The van der Waals surface area contributed by atoms with Crippen LogP contribution >= 0.6 is 12.4 Å². The van der Waals surface area contributed by atoms with Crippen LogP contribution in [0.2, 0.25) is 0 Å². The van der Waals surface area contributed by atoms with Gasteiger partial charge in [0.15, 0.2) is 12.2 Å². The van der Waals surface area contributed by atoms with Crippen molar-refractivity contribution in [2.24, 2.45) is 5.73 Å². The summed E-state index contributed by atoms with van der Waals surface area (Å²) in [6.07, 6.45) is -4.57. The third-order valence-electron chi connectivity index (χ3n) is 7.05. The first-order chi connectivity index (χ1) is 20.1. The Hall–Kier alpha value is -5.18. The van der Waals surface area contributed by atoms with Crippen molar-refractivity contribution in [1.29, 1.82) is 5.41 Å². The number of aliphatic hydroxyl groups is 2. The van der Waals surface area contributed by atoms with Crippen LogP contribution in [0.4, 0.5) is 0 Å². The number of amidine groups is 1. The number of nitrogens with one attached hydrogen (secondary N) is 3. The number of amides is 1. The second-order valence-electron chi connectivity index (χ2n) is 10.4. The largest absolute Gasteiger partial charge is 0.507 e. The predicted octanol–water partition coefficient (Wildman–Crippen LogP) is 1.80. The van der Waals surface area contributed by atoms with E-state index in [1.165, 1.54) is 44.2 Å². The van der Waals surface area contributed by atoms with Gasteiger partial charge in [-0.1, -0.05) is 6.07 Å². The first kappa shape index (κ1) is 33.3. The second-order valence-corrected chi connectivity index (χ2v) is 10.4. The molecule has 44 heavy (non-hydrogen) atoms. The smallest absolute Gasteiger partial charge is 0.335 e. The molecular formula is C29H30ClN5O9. The Kier molecular flexibility index (Phi) is 9.53. The van der Waals surface area contributed by atoms with Gasteiger partial charge in [0.2, 0.25) is 0 Å². The zero-order chi connectivity index (χ0) is 31.8. The molecule has 0 unspecified atom stereocenters. The highest BCUT2D eigenvalue weighted by molar-refractivity contribution is 5.98. The van der Waals surface area contributed by atoms with E-state index >= 15 is 0 Å². The van der Waals surface area contributed by atoms with Crippen molar-refractivity contribution < 1.29 is 45.0 Å². The average molecular weight is 628 g/mol. The zero-order valence-corrected chi connectivity index (χ0v) is 24.1. The number of benzene rings is 3. The number of aromatic nitrogens is 2. The number of imidazole rings is 1. The fourth-order valence-corrected chi connectivity index (χ4v) is 4.29. The molecule has 11 N–H and O–H groups in total. The van der Waals surface area contributed by atoms with Crippen molar-refractivity contribution in [2.75, 3.05) is 0 Å². The molecular weight excluding hydrogens is 598 g/mol. The van der Waals surface area contributed by atoms with Crippen LogP contribution in [0.1, 0.15) is 30.5 Å². The summed E-state index contributed by atoms with van der Waals surface area (Å²) >= 11 is 0. The molecule has 2 atom stereocenters. The van der Waals surface area contributed by atoms with Gasteiger partial charge in [-0.15, -0.1) is 12.4 Å². The Balaban J connectivity index is 0.00000529. The standard InChI is InChI=1S/C29H29N5O9.ClH/c1-29(2,28(42)43)14-9-16(15-7-12(3-6-20(15)35)11-32-26(39)22(37)23(38)27(40)41)21(36)17(10-14)25-33-18-5-4-13(24(30)31)8-19(18)34-25;/h3-10,22-23,35-38H,11H2,1-2H3,(H3,30,31)(H,32,39)(H,33,34)(H,40,41)(H,42,43);1H/t22-,23-;/m1./s1. The maximum absolute atomic E-state index is 12.2. The number of aliphatic hydroxyl groups excluding tert-OH is 2. The molecule has 0 bridgehead atoms. The Morgan fingerprint density at radius 2 is 1.64 bits per heavy atom. The van der Waals surface area contributed by atoms with Crippen molar-refractivity contribution in [2.45, 2.75) is 38.0 Å². The molecule has 1 heterocycles. The molecule has 0 saturated heterocycles. The maximum atomic E-state index is 12.2. The number of carboxylic acid groups (broad SMARTS) is 2. The van der Waals surface area contributed by atoms with Gasteiger partial charge in [-0.3, -0.25) is 15.0 Å². The van der Waals surface area contributed by atoms with Crippen molar-refractivity contribution in [3.63, 3.8) is 0 Å². The molecule has 1 aromatic heterocycles. The van der Waals surface area contributed by atoms with Gasteiger partial charge >= 0.3 is 11.9 Å². The van der Waals surface area contributed by atoms with E-state index in [0.29, 0.717) is 22.2 Å². The molecule has 0 aliphatic carbocycles. The van der Waals surface area contributed by atoms with Gasteiger partial charge in [-0.25, -0.2) is 9.78 Å². The summed E-state index contributed by atoms with van der Waals surface area (Å²) in [6, 6.07) is 11.8. The highest BCUT2D eigenvalue weighted by Gasteiger charge is 2.33. The molecule has 4 rings (SSSR count). The number of nitrogens with zero attached hydrogens (tertiary/aromatic N) is 1. The number of carboxylic acids is 2.